The number of carbonyl (C=O) groups is 1. The number of hydrogen-bond donors (Lipinski definition) is 0. The largest absolute Gasteiger partial charge is 0.464 e. The molecule has 0 bridgehead atoms. The van der Waals surface area contributed by atoms with E-state index in [-0.39, 0.29) is 16.8 Å². The Labute approximate surface area is 161 Å². The van der Waals surface area contributed by atoms with Gasteiger partial charge in [0, 0.05) is 11.9 Å². The third kappa shape index (κ3) is 6.86. The van der Waals surface area contributed by atoms with E-state index in [2.05, 4.69) is 53.5 Å². The summed E-state index contributed by atoms with van der Waals surface area (Å²) in [6.45, 7) is 15.5. The molecule has 142 valence electrons. The Balaban J connectivity index is 2.58. The van der Waals surface area contributed by atoms with Crippen molar-refractivity contribution in [3.63, 3.8) is 0 Å². The Bertz CT molecular complexity index is 540. The Morgan fingerprint density at radius 3 is 2.36 bits per heavy atom. The number of ether oxygens (including phenoxy) is 1. The van der Waals surface area contributed by atoms with Gasteiger partial charge in [-0.3, -0.25) is 4.79 Å². The molecule has 1 rings (SSSR count). The molecule has 0 saturated carbocycles. The highest BCUT2D eigenvalue weighted by Gasteiger charge is 2.49. The molecule has 0 radical (unpaired) electrons. The maximum atomic E-state index is 12.9. The standard InChI is InChI=1S/C20H33NO2S2/c1-8-19(5,6)20(7,15-18(2,3)4)17(22)23-13-14-24-25-16-11-9-10-12-21-16/h9-12H,8,13-15H2,1-7H3. The molecule has 0 aromatic carbocycles. The number of hydrogen-bond acceptors (Lipinski definition) is 5. The normalized spacial score (nSPS) is 14.8. The van der Waals surface area contributed by atoms with Crippen LogP contribution in [0.4, 0.5) is 0 Å². The summed E-state index contributed by atoms with van der Waals surface area (Å²) in [5.41, 5.74) is -0.518. The number of nitrogens with zero attached hydrogens (tertiary/aromatic N) is 1. The molecule has 1 heterocycles. The predicted octanol–water partition coefficient (Wildman–Crippen LogP) is 6.24. The van der Waals surface area contributed by atoms with Gasteiger partial charge in [0.1, 0.15) is 11.6 Å². The van der Waals surface area contributed by atoms with Crippen LogP contribution in [0.5, 0.6) is 0 Å². The van der Waals surface area contributed by atoms with Gasteiger partial charge in [0.05, 0.1) is 5.41 Å². The Morgan fingerprint density at radius 1 is 1.16 bits per heavy atom. The lowest BCUT2D eigenvalue weighted by atomic mass is 9.59. The van der Waals surface area contributed by atoms with Crippen LogP contribution in [0.1, 0.15) is 61.3 Å². The van der Waals surface area contributed by atoms with Crippen LogP contribution < -0.4 is 0 Å². The van der Waals surface area contributed by atoms with Crippen molar-refractivity contribution in [1.29, 1.82) is 0 Å². The molecule has 0 aliphatic heterocycles. The molecular formula is C20H33NO2S2. The van der Waals surface area contributed by atoms with E-state index in [0.29, 0.717) is 6.61 Å². The second-order valence-corrected chi connectivity index (χ2v) is 11.0. The number of esters is 1. The average molecular weight is 384 g/mol. The van der Waals surface area contributed by atoms with Crippen molar-refractivity contribution in [3.05, 3.63) is 24.4 Å². The molecule has 1 aromatic rings. The molecule has 0 saturated heterocycles. The molecule has 3 nitrogen and oxygen atoms in total. The van der Waals surface area contributed by atoms with Crippen LogP contribution in [0.25, 0.3) is 0 Å². The van der Waals surface area contributed by atoms with Gasteiger partial charge in [0.25, 0.3) is 0 Å². The molecule has 0 N–H and O–H groups in total. The van der Waals surface area contributed by atoms with Crippen molar-refractivity contribution in [3.8, 4) is 0 Å². The Kier molecular flexibility index (Phi) is 8.33. The van der Waals surface area contributed by atoms with Crippen molar-refractivity contribution >= 4 is 27.6 Å². The summed E-state index contributed by atoms with van der Waals surface area (Å²) >= 11 is 0. The third-order valence-corrected chi connectivity index (χ3v) is 7.12. The third-order valence-electron chi connectivity index (χ3n) is 4.89. The zero-order valence-electron chi connectivity index (χ0n) is 16.7. The van der Waals surface area contributed by atoms with E-state index in [9.17, 15) is 4.79 Å². The summed E-state index contributed by atoms with van der Waals surface area (Å²) in [5, 5.41) is 0.975. The maximum absolute atomic E-state index is 12.9. The molecule has 0 aliphatic rings. The first-order valence-corrected chi connectivity index (χ1v) is 11.2. The van der Waals surface area contributed by atoms with Gasteiger partial charge in [-0.1, -0.05) is 58.4 Å². The SMILES string of the molecule is CCC(C)(C)C(C)(CC(C)(C)C)C(=O)OCCSSc1ccccn1. The lowest BCUT2D eigenvalue weighted by Crippen LogP contribution is -2.45. The maximum Gasteiger partial charge on any atom is 0.312 e. The molecule has 0 aliphatic carbocycles. The van der Waals surface area contributed by atoms with Gasteiger partial charge in [-0.2, -0.15) is 0 Å². The van der Waals surface area contributed by atoms with E-state index < -0.39 is 5.41 Å². The quantitative estimate of drug-likeness (QED) is 0.286. The molecule has 0 spiro atoms. The highest BCUT2D eigenvalue weighted by atomic mass is 33.1. The van der Waals surface area contributed by atoms with Crippen LogP contribution in [-0.2, 0) is 9.53 Å². The summed E-state index contributed by atoms with van der Waals surface area (Å²) in [4.78, 5) is 17.2. The summed E-state index contributed by atoms with van der Waals surface area (Å²) in [7, 11) is 3.28. The highest BCUT2D eigenvalue weighted by Crippen LogP contribution is 2.49. The lowest BCUT2D eigenvalue weighted by molar-refractivity contribution is -0.165. The van der Waals surface area contributed by atoms with Crippen LogP contribution in [0.3, 0.4) is 0 Å². The van der Waals surface area contributed by atoms with E-state index >= 15 is 0 Å². The van der Waals surface area contributed by atoms with Crippen LogP contribution >= 0.6 is 21.6 Å². The van der Waals surface area contributed by atoms with E-state index in [4.69, 9.17) is 4.74 Å². The first-order valence-electron chi connectivity index (χ1n) is 8.89. The first kappa shape index (κ1) is 22.4. The van der Waals surface area contributed by atoms with Gasteiger partial charge >= 0.3 is 5.97 Å². The minimum absolute atomic E-state index is 0.0716. The van der Waals surface area contributed by atoms with Gasteiger partial charge in [0.2, 0.25) is 0 Å². The van der Waals surface area contributed by atoms with Crippen LogP contribution in [0.2, 0.25) is 0 Å². The van der Waals surface area contributed by atoms with E-state index in [1.165, 1.54) is 0 Å². The minimum atomic E-state index is -0.487. The van der Waals surface area contributed by atoms with E-state index in [1.54, 1.807) is 27.8 Å². The Morgan fingerprint density at radius 2 is 1.84 bits per heavy atom. The zero-order chi connectivity index (χ0) is 19.1. The fourth-order valence-electron chi connectivity index (χ4n) is 2.86. The van der Waals surface area contributed by atoms with Gasteiger partial charge in [0.15, 0.2) is 0 Å². The number of pyridine rings is 1. The number of carbonyl (C=O) groups excluding carboxylic acids is 1. The predicted molar refractivity (Wildman–Crippen MR) is 110 cm³/mol. The summed E-state index contributed by atoms with van der Waals surface area (Å²) in [5.74, 6) is 0.684. The van der Waals surface area contributed by atoms with Gasteiger partial charge in [-0.15, -0.1) is 0 Å². The van der Waals surface area contributed by atoms with Crippen molar-refractivity contribution in [2.24, 2.45) is 16.2 Å². The molecule has 0 fully saturated rings. The summed E-state index contributed by atoms with van der Waals surface area (Å²) < 4.78 is 5.69. The summed E-state index contributed by atoms with van der Waals surface area (Å²) in [6.07, 6.45) is 3.54. The first-order chi connectivity index (χ1) is 11.5. The van der Waals surface area contributed by atoms with Crippen LogP contribution in [0.15, 0.2) is 29.4 Å². The van der Waals surface area contributed by atoms with Gasteiger partial charge in [-0.05, 0) is 53.5 Å². The van der Waals surface area contributed by atoms with Crippen molar-refractivity contribution in [1.82, 2.24) is 4.98 Å². The molecular weight excluding hydrogens is 350 g/mol. The minimum Gasteiger partial charge on any atom is -0.464 e. The molecule has 1 aromatic heterocycles. The van der Waals surface area contributed by atoms with Gasteiger partial charge < -0.3 is 4.74 Å². The monoisotopic (exact) mass is 383 g/mol. The fourth-order valence-corrected chi connectivity index (χ4v) is 4.57. The average Bonchev–Trinajstić information content (AvgIpc) is 2.53. The van der Waals surface area contributed by atoms with E-state index in [1.807, 2.05) is 18.2 Å². The van der Waals surface area contributed by atoms with Crippen molar-refractivity contribution in [2.75, 3.05) is 12.4 Å². The number of aromatic nitrogens is 1. The second kappa shape index (κ2) is 9.31. The highest BCUT2D eigenvalue weighted by molar-refractivity contribution is 8.76. The van der Waals surface area contributed by atoms with Crippen LogP contribution in [-0.4, -0.2) is 23.3 Å². The van der Waals surface area contributed by atoms with Crippen LogP contribution in [0, 0.1) is 16.2 Å². The van der Waals surface area contributed by atoms with Crippen molar-refractivity contribution < 1.29 is 9.53 Å². The topological polar surface area (TPSA) is 39.2 Å². The van der Waals surface area contributed by atoms with E-state index in [0.717, 1.165) is 23.6 Å². The zero-order valence-corrected chi connectivity index (χ0v) is 18.4. The molecule has 5 heteroatoms. The number of rotatable bonds is 9. The van der Waals surface area contributed by atoms with Gasteiger partial charge in [-0.25, -0.2) is 4.98 Å². The van der Waals surface area contributed by atoms with Crippen molar-refractivity contribution in [2.45, 2.75) is 66.3 Å². The molecule has 25 heavy (non-hydrogen) atoms. The molecule has 1 atom stereocenters. The second-order valence-electron chi connectivity index (χ2n) is 8.52. The Hall–Kier alpha value is -0.680. The lowest BCUT2D eigenvalue weighted by Gasteiger charge is -2.45. The smallest absolute Gasteiger partial charge is 0.312 e. The molecule has 0 amide bonds. The fraction of sp³-hybridized carbons (Fsp3) is 0.700. The summed E-state index contributed by atoms with van der Waals surface area (Å²) in [6, 6.07) is 5.86. The molecule has 1 unspecified atom stereocenters.